The molecular weight excluding hydrogens is 280 g/mol. The zero-order chi connectivity index (χ0) is 16.0. The molecule has 1 unspecified atom stereocenters. The number of aromatic nitrogens is 2. The number of anilines is 1. The summed E-state index contributed by atoms with van der Waals surface area (Å²) in [6, 6.07) is -0.932. The summed E-state index contributed by atoms with van der Waals surface area (Å²) >= 11 is 0. The van der Waals surface area contributed by atoms with Crippen LogP contribution in [-0.4, -0.2) is 45.5 Å². The summed E-state index contributed by atoms with van der Waals surface area (Å²) in [5, 5.41) is 27.2. The highest BCUT2D eigenvalue weighted by molar-refractivity contribution is 5.78. The Hall–Kier alpha value is -2.16. The maximum Gasteiger partial charge on any atom is 0.334 e. The number of aliphatic carboxylic acids is 1. The number of carbonyl (C=O) groups is 1. The van der Waals surface area contributed by atoms with Crippen LogP contribution < -0.4 is 5.32 Å². The van der Waals surface area contributed by atoms with Crippen LogP contribution >= 0.6 is 0 Å². The molecule has 0 saturated heterocycles. The fourth-order valence-corrected chi connectivity index (χ4v) is 2.01. The lowest BCUT2D eigenvalue weighted by atomic mass is 10.1. The number of hydrogen-bond acceptors (Lipinski definition) is 6. The van der Waals surface area contributed by atoms with E-state index in [2.05, 4.69) is 10.4 Å². The van der Waals surface area contributed by atoms with Crippen molar-refractivity contribution in [2.24, 2.45) is 7.05 Å². The Balaban J connectivity index is 3.00. The van der Waals surface area contributed by atoms with Crippen molar-refractivity contribution in [2.45, 2.75) is 32.2 Å². The second-order valence-corrected chi connectivity index (χ2v) is 4.55. The minimum absolute atomic E-state index is 0.113. The molecular formula is C12H20N4O5. The summed E-state index contributed by atoms with van der Waals surface area (Å²) in [5.74, 6) is -0.957. The van der Waals surface area contributed by atoms with E-state index in [0.717, 1.165) is 0 Å². The van der Waals surface area contributed by atoms with Gasteiger partial charge >= 0.3 is 11.7 Å². The number of nitrogens with one attached hydrogen (secondary N) is 1. The number of ether oxygens (including phenoxy) is 1. The van der Waals surface area contributed by atoms with Crippen molar-refractivity contribution in [1.29, 1.82) is 0 Å². The third kappa shape index (κ3) is 4.15. The van der Waals surface area contributed by atoms with Crippen LogP contribution in [0.1, 0.15) is 25.5 Å². The molecule has 0 aromatic carbocycles. The highest BCUT2D eigenvalue weighted by Gasteiger charge is 2.29. The number of methoxy groups -OCH3 is 1. The zero-order valence-electron chi connectivity index (χ0n) is 12.3. The Labute approximate surface area is 122 Å². The predicted molar refractivity (Wildman–Crippen MR) is 75.4 cm³/mol. The summed E-state index contributed by atoms with van der Waals surface area (Å²) in [4.78, 5) is 21.9. The Morgan fingerprint density at radius 2 is 2.29 bits per heavy atom. The molecule has 9 heteroatoms. The van der Waals surface area contributed by atoms with Gasteiger partial charge in [-0.15, -0.1) is 0 Å². The number of carboxylic acids is 1. The van der Waals surface area contributed by atoms with E-state index in [9.17, 15) is 20.0 Å². The average Bonchev–Trinajstić information content (AvgIpc) is 2.74. The SMILES string of the molecule is CCc1nn(C)c(NC(CCCOC)C(=O)O)c1[N+](=O)[O-]. The van der Waals surface area contributed by atoms with E-state index in [1.165, 1.54) is 11.8 Å². The van der Waals surface area contributed by atoms with Crippen molar-refractivity contribution in [3.05, 3.63) is 15.8 Å². The van der Waals surface area contributed by atoms with E-state index in [4.69, 9.17) is 4.74 Å². The average molecular weight is 300 g/mol. The van der Waals surface area contributed by atoms with Gasteiger partial charge in [0.05, 0.1) is 4.92 Å². The molecule has 0 amide bonds. The molecule has 9 nitrogen and oxygen atoms in total. The number of aryl methyl sites for hydroxylation is 2. The molecule has 0 aliphatic heterocycles. The first-order valence-electron chi connectivity index (χ1n) is 6.60. The molecule has 0 aliphatic carbocycles. The van der Waals surface area contributed by atoms with Crippen molar-refractivity contribution in [3.63, 3.8) is 0 Å². The van der Waals surface area contributed by atoms with Crippen LogP contribution in [0.2, 0.25) is 0 Å². The number of hydrogen-bond donors (Lipinski definition) is 2. The van der Waals surface area contributed by atoms with Gasteiger partial charge in [0, 0.05) is 20.8 Å². The highest BCUT2D eigenvalue weighted by atomic mass is 16.6. The van der Waals surface area contributed by atoms with Gasteiger partial charge in [-0.25, -0.2) is 9.48 Å². The van der Waals surface area contributed by atoms with Gasteiger partial charge in [-0.2, -0.15) is 5.10 Å². The Bertz CT molecular complexity index is 514. The summed E-state index contributed by atoms with van der Waals surface area (Å²) in [6.07, 6.45) is 1.23. The third-order valence-electron chi connectivity index (χ3n) is 3.06. The lowest BCUT2D eigenvalue weighted by molar-refractivity contribution is -0.384. The van der Waals surface area contributed by atoms with E-state index in [0.29, 0.717) is 31.6 Å². The van der Waals surface area contributed by atoms with Crippen molar-refractivity contribution in [2.75, 3.05) is 19.0 Å². The maximum absolute atomic E-state index is 11.3. The minimum Gasteiger partial charge on any atom is -0.480 e. The molecule has 118 valence electrons. The lowest BCUT2D eigenvalue weighted by Gasteiger charge is -2.15. The number of carboxylic acid groups (broad SMARTS) is 1. The first kappa shape index (κ1) is 16.9. The van der Waals surface area contributed by atoms with E-state index in [1.807, 2.05) is 0 Å². The second kappa shape index (κ2) is 7.58. The summed E-state index contributed by atoms with van der Waals surface area (Å²) < 4.78 is 6.19. The van der Waals surface area contributed by atoms with Gasteiger partial charge in [0.15, 0.2) is 0 Å². The molecule has 1 rings (SSSR count). The number of nitro groups is 1. The summed E-state index contributed by atoms with van der Waals surface area (Å²) in [7, 11) is 3.07. The summed E-state index contributed by atoms with van der Waals surface area (Å²) in [5.41, 5.74) is 0.157. The normalized spacial score (nSPS) is 12.1. The minimum atomic E-state index is -1.07. The molecule has 0 saturated carbocycles. The van der Waals surface area contributed by atoms with Crippen LogP contribution in [0, 0.1) is 10.1 Å². The van der Waals surface area contributed by atoms with Gasteiger partial charge in [0.1, 0.15) is 11.7 Å². The molecule has 0 spiro atoms. The fraction of sp³-hybridized carbons (Fsp3) is 0.667. The lowest BCUT2D eigenvalue weighted by Crippen LogP contribution is -2.30. The van der Waals surface area contributed by atoms with Crippen LogP contribution in [0.5, 0.6) is 0 Å². The second-order valence-electron chi connectivity index (χ2n) is 4.55. The molecule has 1 atom stereocenters. The predicted octanol–water partition coefficient (Wildman–Crippen LogP) is 1.18. The van der Waals surface area contributed by atoms with Gasteiger partial charge in [0.2, 0.25) is 5.82 Å². The van der Waals surface area contributed by atoms with Crippen molar-refractivity contribution in [1.82, 2.24) is 9.78 Å². The standard InChI is InChI=1S/C12H20N4O5/c1-4-8-10(16(19)20)11(15(2)14-8)13-9(12(17)18)6-5-7-21-3/h9,13H,4-7H2,1-3H3,(H,17,18). The fourth-order valence-electron chi connectivity index (χ4n) is 2.01. The van der Waals surface area contributed by atoms with Crippen molar-refractivity contribution >= 4 is 17.5 Å². The Morgan fingerprint density at radius 3 is 2.76 bits per heavy atom. The van der Waals surface area contributed by atoms with Crippen LogP contribution in [0.3, 0.4) is 0 Å². The molecule has 21 heavy (non-hydrogen) atoms. The molecule has 1 aromatic heterocycles. The Kier molecular flexibility index (Phi) is 6.10. The van der Waals surface area contributed by atoms with E-state index < -0.39 is 16.9 Å². The van der Waals surface area contributed by atoms with Crippen LogP contribution in [0.25, 0.3) is 0 Å². The van der Waals surface area contributed by atoms with E-state index in [1.54, 1.807) is 14.0 Å². The van der Waals surface area contributed by atoms with Gasteiger partial charge in [0.25, 0.3) is 0 Å². The molecule has 0 fully saturated rings. The monoisotopic (exact) mass is 300 g/mol. The maximum atomic E-state index is 11.3. The molecule has 0 radical (unpaired) electrons. The molecule has 0 aliphatic rings. The van der Waals surface area contributed by atoms with Gasteiger partial charge < -0.3 is 15.2 Å². The third-order valence-corrected chi connectivity index (χ3v) is 3.06. The zero-order valence-corrected chi connectivity index (χ0v) is 12.3. The highest BCUT2D eigenvalue weighted by Crippen LogP contribution is 2.29. The number of rotatable bonds is 9. The van der Waals surface area contributed by atoms with Gasteiger partial charge in [-0.3, -0.25) is 10.1 Å². The number of nitrogens with zero attached hydrogens (tertiary/aromatic N) is 3. The molecule has 0 bridgehead atoms. The van der Waals surface area contributed by atoms with Gasteiger partial charge in [-0.05, 0) is 19.3 Å². The van der Waals surface area contributed by atoms with Crippen LogP contribution in [0.4, 0.5) is 11.5 Å². The molecule has 1 heterocycles. The smallest absolute Gasteiger partial charge is 0.334 e. The Morgan fingerprint density at radius 1 is 1.62 bits per heavy atom. The van der Waals surface area contributed by atoms with Crippen LogP contribution in [0.15, 0.2) is 0 Å². The topological polar surface area (TPSA) is 120 Å². The first-order valence-corrected chi connectivity index (χ1v) is 6.60. The first-order chi connectivity index (χ1) is 9.92. The van der Waals surface area contributed by atoms with Crippen molar-refractivity contribution in [3.8, 4) is 0 Å². The molecule has 1 aromatic rings. The van der Waals surface area contributed by atoms with E-state index in [-0.39, 0.29) is 11.5 Å². The largest absolute Gasteiger partial charge is 0.480 e. The quantitative estimate of drug-likeness (QED) is 0.399. The summed E-state index contributed by atoms with van der Waals surface area (Å²) in [6.45, 7) is 2.19. The van der Waals surface area contributed by atoms with Crippen molar-refractivity contribution < 1.29 is 19.6 Å². The van der Waals surface area contributed by atoms with Crippen LogP contribution in [-0.2, 0) is 23.0 Å². The molecule has 2 N–H and O–H groups in total. The van der Waals surface area contributed by atoms with Gasteiger partial charge in [-0.1, -0.05) is 6.92 Å². The van der Waals surface area contributed by atoms with E-state index >= 15 is 0 Å².